The highest BCUT2D eigenvalue weighted by atomic mass is 35.5. The van der Waals surface area contributed by atoms with Crippen molar-refractivity contribution in [1.82, 2.24) is 9.13 Å². The van der Waals surface area contributed by atoms with Gasteiger partial charge in [0.2, 0.25) is 5.91 Å². The van der Waals surface area contributed by atoms with Crippen LogP contribution >= 0.6 is 11.6 Å². The molecule has 8 heteroatoms. The molecule has 1 heterocycles. The number of fused-ring (bicyclic) bond motifs is 1. The van der Waals surface area contributed by atoms with Gasteiger partial charge in [-0.15, -0.1) is 0 Å². The van der Waals surface area contributed by atoms with Crippen molar-refractivity contribution in [2.24, 2.45) is 0 Å². The molecule has 3 aromatic rings. The molecule has 0 spiro atoms. The number of ether oxygens (including phenoxy) is 1. The predicted molar refractivity (Wildman–Crippen MR) is 109 cm³/mol. The average molecular weight is 402 g/mol. The summed E-state index contributed by atoms with van der Waals surface area (Å²) in [7, 11) is 1.56. The number of carbonyl (C=O) groups excluding carboxylic acids is 1. The number of aromatic nitrogens is 2. The summed E-state index contributed by atoms with van der Waals surface area (Å²) in [6, 6.07) is 11.5. The third kappa shape index (κ3) is 3.94. The van der Waals surface area contributed by atoms with Gasteiger partial charge in [-0.05, 0) is 48.9 Å². The molecule has 3 rings (SSSR count). The summed E-state index contributed by atoms with van der Waals surface area (Å²) < 4.78 is 7.51. The molecule has 0 bridgehead atoms. The van der Waals surface area contributed by atoms with E-state index in [1.54, 1.807) is 43.5 Å². The Labute approximate surface area is 166 Å². The van der Waals surface area contributed by atoms with E-state index in [2.05, 4.69) is 5.32 Å². The van der Waals surface area contributed by atoms with E-state index >= 15 is 0 Å². The quantitative estimate of drug-likeness (QED) is 0.688. The van der Waals surface area contributed by atoms with Crippen LogP contribution in [0.2, 0.25) is 5.02 Å². The minimum Gasteiger partial charge on any atom is -0.497 e. The van der Waals surface area contributed by atoms with Gasteiger partial charge in [-0.2, -0.15) is 0 Å². The third-order valence-corrected chi connectivity index (χ3v) is 4.55. The van der Waals surface area contributed by atoms with Crippen LogP contribution in [0.4, 0.5) is 5.69 Å². The van der Waals surface area contributed by atoms with Crippen molar-refractivity contribution in [3.63, 3.8) is 0 Å². The van der Waals surface area contributed by atoms with Crippen LogP contribution in [0.1, 0.15) is 13.3 Å². The highest BCUT2D eigenvalue weighted by Crippen LogP contribution is 2.17. The van der Waals surface area contributed by atoms with E-state index in [1.165, 1.54) is 10.6 Å². The van der Waals surface area contributed by atoms with Crippen LogP contribution in [0.3, 0.4) is 0 Å². The molecule has 1 aromatic heterocycles. The van der Waals surface area contributed by atoms with Crippen molar-refractivity contribution in [2.45, 2.75) is 26.4 Å². The SMILES string of the molecule is CCCn1c(=O)c2ccc(Cl)cc2n(CC(=O)Nc2ccc(OC)cc2)c1=O. The summed E-state index contributed by atoms with van der Waals surface area (Å²) in [6.45, 7) is 1.90. The van der Waals surface area contributed by atoms with Crippen molar-refractivity contribution in [1.29, 1.82) is 0 Å². The van der Waals surface area contributed by atoms with Crippen LogP contribution in [0.25, 0.3) is 10.9 Å². The summed E-state index contributed by atoms with van der Waals surface area (Å²) >= 11 is 6.05. The topological polar surface area (TPSA) is 82.3 Å². The molecular weight excluding hydrogens is 382 g/mol. The third-order valence-electron chi connectivity index (χ3n) is 4.31. The van der Waals surface area contributed by atoms with Gasteiger partial charge < -0.3 is 10.1 Å². The Morgan fingerprint density at radius 1 is 1.11 bits per heavy atom. The molecule has 0 saturated carbocycles. The Morgan fingerprint density at radius 2 is 1.82 bits per heavy atom. The fourth-order valence-corrected chi connectivity index (χ4v) is 3.15. The number of carbonyl (C=O) groups is 1. The lowest BCUT2D eigenvalue weighted by atomic mass is 10.2. The van der Waals surface area contributed by atoms with E-state index in [9.17, 15) is 14.4 Å². The summed E-state index contributed by atoms with van der Waals surface area (Å²) in [5.41, 5.74) is -0.0142. The molecule has 0 saturated heterocycles. The first-order valence-electron chi connectivity index (χ1n) is 8.81. The zero-order valence-electron chi connectivity index (χ0n) is 15.6. The standard InChI is InChI=1S/C20H20ClN3O4/c1-3-10-23-19(26)16-9-4-13(21)11-17(16)24(20(23)27)12-18(25)22-14-5-7-15(28-2)8-6-14/h4-9,11H,3,10,12H2,1-2H3,(H,22,25). The molecule has 2 aromatic carbocycles. The monoisotopic (exact) mass is 401 g/mol. The number of methoxy groups -OCH3 is 1. The first kappa shape index (κ1) is 19.7. The zero-order chi connectivity index (χ0) is 20.3. The number of nitrogens with zero attached hydrogens (tertiary/aromatic N) is 2. The number of benzene rings is 2. The van der Waals surface area contributed by atoms with Crippen molar-refractivity contribution in [2.75, 3.05) is 12.4 Å². The van der Waals surface area contributed by atoms with Crippen LogP contribution < -0.4 is 21.3 Å². The fourth-order valence-electron chi connectivity index (χ4n) is 2.98. The molecule has 0 aliphatic carbocycles. The van der Waals surface area contributed by atoms with Crippen LogP contribution in [-0.2, 0) is 17.9 Å². The minimum absolute atomic E-state index is 0.244. The van der Waals surface area contributed by atoms with E-state index in [1.807, 2.05) is 6.92 Å². The number of nitrogens with one attached hydrogen (secondary N) is 1. The molecule has 0 aliphatic heterocycles. The van der Waals surface area contributed by atoms with Gasteiger partial charge in [0.25, 0.3) is 5.56 Å². The highest BCUT2D eigenvalue weighted by molar-refractivity contribution is 6.31. The Kier molecular flexibility index (Phi) is 5.84. The first-order chi connectivity index (χ1) is 13.4. The summed E-state index contributed by atoms with van der Waals surface area (Å²) in [5.74, 6) is 0.275. The Hall–Kier alpha value is -3.06. The molecule has 0 fully saturated rings. The molecule has 0 aliphatic rings. The Balaban J connectivity index is 2.00. The maximum absolute atomic E-state index is 12.9. The fraction of sp³-hybridized carbons (Fsp3) is 0.250. The first-order valence-corrected chi connectivity index (χ1v) is 9.19. The predicted octanol–water partition coefficient (Wildman–Crippen LogP) is 2.87. The lowest BCUT2D eigenvalue weighted by molar-refractivity contribution is -0.116. The summed E-state index contributed by atoms with van der Waals surface area (Å²) in [5, 5.41) is 3.46. The molecule has 0 radical (unpaired) electrons. The van der Waals surface area contributed by atoms with Gasteiger partial charge >= 0.3 is 5.69 Å². The largest absolute Gasteiger partial charge is 0.497 e. The van der Waals surface area contributed by atoms with Gasteiger partial charge in [-0.3, -0.25) is 18.7 Å². The molecule has 146 valence electrons. The Bertz CT molecular complexity index is 1130. The van der Waals surface area contributed by atoms with E-state index in [0.29, 0.717) is 33.8 Å². The molecule has 1 N–H and O–H groups in total. The number of anilines is 1. The van der Waals surface area contributed by atoms with E-state index in [-0.39, 0.29) is 18.6 Å². The lowest BCUT2D eigenvalue weighted by Crippen LogP contribution is -2.41. The lowest BCUT2D eigenvalue weighted by Gasteiger charge is -2.14. The van der Waals surface area contributed by atoms with E-state index in [4.69, 9.17) is 16.3 Å². The molecule has 28 heavy (non-hydrogen) atoms. The number of amides is 1. The zero-order valence-corrected chi connectivity index (χ0v) is 16.3. The summed E-state index contributed by atoms with van der Waals surface area (Å²) in [6.07, 6.45) is 0.617. The maximum atomic E-state index is 12.9. The van der Waals surface area contributed by atoms with Gasteiger partial charge in [0.05, 0.1) is 18.0 Å². The van der Waals surface area contributed by atoms with Crippen LogP contribution in [-0.4, -0.2) is 22.2 Å². The smallest absolute Gasteiger partial charge is 0.331 e. The molecule has 1 amide bonds. The van der Waals surface area contributed by atoms with Gasteiger partial charge in [-0.1, -0.05) is 18.5 Å². The van der Waals surface area contributed by atoms with Gasteiger partial charge in [0, 0.05) is 17.3 Å². The van der Waals surface area contributed by atoms with Crippen LogP contribution in [0, 0.1) is 0 Å². The van der Waals surface area contributed by atoms with E-state index in [0.717, 1.165) is 4.57 Å². The van der Waals surface area contributed by atoms with Crippen LogP contribution in [0.5, 0.6) is 5.75 Å². The molecule has 0 atom stereocenters. The molecule has 0 unspecified atom stereocenters. The summed E-state index contributed by atoms with van der Waals surface area (Å²) in [4.78, 5) is 38.0. The normalized spacial score (nSPS) is 10.8. The number of rotatable bonds is 6. The highest BCUT2D eigenvalue weighted by Gasteiger charge is 2.15. The average Bonchev–Trinajstić information content (AvgIpc) is 2.69. The minimum atomic E-state index is -0.536. The number of hydrogen-bond acceptors (Lipinski definition) is 4. The van der Waals surface area contributed by atoms with Crippen molar-refractivity contribution in [3.8, 4) is 5.75 Å². The van der Waals surface area contributed by atoms with Crippen molar-refractivity contribution >= 4 is 34.1 Å². The van der Waals surface area contributed by atoms with Gasteiger partial charge in [-0.25, -0.2) is 4.79 Å². The van der Waals surface area contributed by atoms with E-state index < -0.39 is 11.6 Å². The Morgan fingerprint density at radius 3 is 2.46 bits per heavy atom. The molecular formula is C20H20ClN3O4. The molecule has 7 nitrogen and oxygen atoms in total. The second kappa shape index (κ2) is 8.31. The van der Waals surface area contributed by atoms with Gasteiger partial charge in [0.1, 0.15) is 12.3 Å². The maximum Gasteiger partial charge on any atom is 0.331 e. The number of hydrogen-bond donors (Lipinski definition) is 1. The van der Waals surface area contributed by atoms with Crippen LogP contribution in [0.15, 0.2) is 52.1 Å². The number of halogens is 1. The second-order valence-corrected chi connectivity index (χ2v) is 6.70. The van der Waals surface area contributed by atoms with Crippen molar-refractivity contribution < 1.29 is 9.53 Å². The van der Waals surface area contributed by atoms with Crippen molar-refractivity contribution in [3.05, 3.63) is 68.3 Å². The van der Waals surface area contributed by atoms with Gasteiger partial charge in [0.15, 0.2) is 0 Å². The second-order valence-electron chi connectivity index (χ2n) is 6.26.